The van der Waals surface area contributed by atoms with Crippen LogP contribution >= 0.6 is 15.9 Å². The number of carbonyl (C=O) groups is 1. The molecule has 0 aliphatic rings. The first kappa shape index (κ1) is 13.2. The molecule has 0 atom stereocenters. The SMILES string of the molecule is CC(C)NCCn1nc(Br)cc1CC(=O)O. The van der Waals surface area contributed by atoms with E-state index in [1.54, 1.807) is 10.7 Å². The lowest BCUT2D eigenvalue weighted by atomic mass is 10.3. The Morgan fingerprint density at radius 1 is 1.69 bits per heavy atom. The molecule has 1 aromatic heterocycles. The van der Waals surface area contributed by atoms with E-state index < -0.39 is 5.97 Å². The lowest BCUT2D eigenvalue weighted by Crippen LogP contribution is -2.27. The predicted molar refractivity (Wildman–Crippen MR) is 64.4 cm³/mol. The summed E-state index contributed by atoms with van der Waals surface area (Å²) >= 11 is 3.25. The summed E-state index contributed by atoms with van der Waals surface area (Å²) in [6, 6.07) is 2.16. The van der Waals surface area contributed by atoms with Gasteiger partial charge in [-0.25, -0.2) is 0 Å². The Kier molecular flexibility index (Phi) is 4.95. The van der Waals surface area contributed by atoms with Gasteiger partial charge in [-0.15, -0.1) is 0 Å². The van der Waals surface area contributed by atoms with E-state index in [1.165, 1.54) is 0 Å². The second-order valence-corrected chi connectivity index (χ2v) is 4.67. The summed E-state index contributed by atoms with van der Waals surface area (Å²) in [6.45, 7) is 5.58. The Hall–Kier alpha value is -0.880. The monoisotopic (exact) mass is 289 g/mol. The molecule has 1 rings (SSSR count). The first-order valence-electron chi connectivity index (χ1n) is 5.16. The summed E-state index contributed by atoms with van der Waals surface area (Å²) in [5.41, 5.74) is 0.713. The molecule has 0 radical (unpaired) electrons. The number of hydrogen-bond acceptors (Lipinski definition) is 3. The lowest BCUT2D eigenvalue weighted by molar-refractivity contribution is -0.136. The predicted octanol–water partition coefficient (Wildman–Crippen LogP) is 1.27. The number of aromatic nitrogens is 2. The maximum absolute atomic E-state index is 10.6. The van der Waals surface area contributed by atoms with E-state index in [0.29, 0.717) is 22.9 Å². The molecule has 0 aromatic carbocycles. The topological polar surface area (TPSA) is 67.2 Å². The van der Waals surface area contributed by atoms with Gasteiger partial charge in [-0.3, -0.25) is 9.48 Å². The fraction of sp³-hybridized carbons (Fsp3) is 0.600. The van der Waals surface area contributed by atoms with Crippen molar-refractivity contribution < 1.29 is 9.90 Å². The van der Waals surface area contributed by atoms with Gasteiger partial charge in [0.05, 0.1) is 18.7 Å². The molecular weight excluding hydrogens is 274 g/mol. The number of rotatable bonds is 6. The highest BCUT2D eigenvalue weighted by Gasteiger charge is 2.09. The van der Waals surface area contributed by atoms with E-state index in [-0.39, 0.29) is 6.42 Å². The van der Waals surface area contributed by atoms with Gasteiger partial charge in [0.25, 0.3) is 0 Å². The third-order valence-electron chi connectivity index (χ3n) is 2.04. The Labute approximate surface area is 103 Å². The zero-order chi connectivity index (χ0) is 12.1. The molecule has 0 bridgehead atoms. The number of nitrogens with one attached hydrogen (secondary N) is 1. The molecule has 0 aliphatic heterocycles. The van der Waals surface area contributed by atoms with Crippen LogP contribution in [0.5, 0.6) is 0 Å². The van der Waals surface area contributed by atoms with Crippen LogP contribution in [0.2, 0.25) is 0 Å². The van der Waals surface area contributed by atoms with Crippen molar-refractivity contribution in [3.8, 4) is 0 Å². The standard InChI is InChI=1S/C10H16BrN3O2/c1-7(2)12-3-4-14-8(6-10(15)16)5-9(11)13-14/h5,7,12H,3-4,6H2,1-2H3,(H,15,16). The van der Waals surface area contributed by atoms with Crippen LogP contribution in [0.3, 0.4) is 0 Å². The summed E-state index contributed by atoms with van der Waals surface area (Å²) in [4.78, 5) is 10.6. The van der Waals surface area contributed by atoms with Gasteiger partial charge in [0.2, 0.25) is 0 Å². The number of carboxylic acids is 1. The normalized spacial score (nSPS) is 11.0. The average Bonchev–Trinajstić information content (AvgIpc) is 2.44. The highest BCUT2D eigenvalue weighted by atomic mass is 79.9. The van der Waals surface area contributed by atoms with Crippen LogP contribution in [-0.4, -0.2) is 33.4 Å². The van der Waals surface area contributed by atoms with Gasteiger partial charge >= 0.3 is 5.97 Å². The molecule has 0 fully saturated rings. The van der Waals surface area contributed by atoms with Gasteiger partial charge in [-0.05, 0) is 22.0 Å². The van der Waals surface area contributed by atoms with Crippen LogP contribution in [0, 0.1) is 0 Å². The van der Waals surface area contributed by atoms with Crippen LogP contribution in [0.15, 0.2) is 10.7 Å². The van der Waals surface area contributed by atoms with E-state index in [9.17, 15) is 4.79 Å². The average molecular weight is 290 g/mol. The minimum absolute atomic E-state index is 0.000276. The molecule has 1 heterocycles. The molecule has 90 valence electrons. The van der Waals surface area contributed by atoms with E-state index in [1.807, 2.05) is 0 Å². The van der Waals surface area contributed by atoms with E-state index >= 15 is 0 Å². The first-order valence-corrected chi connectivity index (χ1v) is 5.95. The maximum Gasteiger partial charge on any atom is 0.309 e. The quantitative estimate of drug-likeness (QED) is 0.828. The molecule has 0 saturated carbocycles. The molecule has 2 N–H and O–H groups in total. The minimum atomic E-state index is -0.842. The number of aliphatic carboxylic acids is 1. The highest BCUT2D eigenvalue weighted by Crippen LogP contribution is 2.11. The molecule has 1 aromatic rings. The highest BCUT2D eigenvalue weighted by molar-refractivity contribution is 9.10. The van der Waals surface area contributed by atoms with Crippen LogP contribution in [0.25, 0.3) is 0 Å². The summed E-state index contributed by atoms with van der Waals surface area (Å²) in [5.74, 6) is -0.842. The third kappa shape index (κ3) is 4.32. The van der Waals surface area contributed by atoms with Gasteiger partial charge < -0.3 is 10.4 Å². The summed E-state index contributed by atoms with van der Waals surface area (Å²) in [7, 11) is 0. The third-order valence-corrected chi connectivity index (χ3v) is 2.43. The van der Waals surface area contributed by atoms with Crippen molar-refractivity contribution in [2.45, 2.75) is 32.9 Å². The smallest absolute Gasteiger partial charge is 0.309 e. The van der Waals surface area contributed by atoms with Crippen molar-refractivity contribution in [1.29, 1.82) is 0 Å². The van der Waals surface area contributed by atoms with Gasteiger partial charge in [0.1, 0.15) is 4.60 Å². The molecule has 16 heavy (non-hydrogen) atoms. The van der Waals surface area contributed by atoms with Crippen LogP contribution in [0.4, 0.5) is 0 Å². The molecule has 0 unspecified atom stereocenters. The van der Waals surface area contributed by atoms with Gasteiger partial charge in [-0.1, -0.05) is 13.8 Å². The number of hydrogen-bond donors (Lipinski definition) is 2. The fourth-order valence-corrected chi connectivity index (χ4v) is 1.83. The summed E-state index contributed by atoms with van der Waals surface area (Å²) in [6.07, 6.45) is 0.000276. The van der Waals surface area contributed by atoms with Crippen molar-refractivity contribution >= 4 is 21.9 Å². The van der Waals surface area contributed by atoms with Crippen molar-refractivity contribution in [3.05, 3.63) is 16.4 Å². The second-order valence-electron chi connectivity index (χ2n) is 3.86. The van der Waals surface area contributed by atoms with Crippen LogP contribution < -0.4 is 5.32 Å². The fourth-order valence-electron chi connectivity index (χ4n) is 1.37. The van der Waals surface area contributed by atoms with Crippen LogP contribution in [0.1, 0.15) is 19.5 Å². The maximum atomic E-state index is 10.6. The Morgan fingerprint density at radius 2 is 2.38 bits per heavy atom. The molecule has 5 nitrogen and oxygen atoms in total. The minimum Gasteiger partial charge on any atom is -0.481 e. The Bertz CT molecular complexity index is 363. The van der Waals surface area contributed by atoms with Crippen molar-refractivity contribution in [2.24, 2.45) is 0 Å². The zero-order valence-electron chi connectivity index (χ0n) is 9.40. The van der Waals surface area contributed by atoms with E-state index in [4.69, 9.17) is 5.11 Å². The molecule has 6 heteroatoms. The summed E-state index contributed by atoms with van der Waals surface area (Å²) in [5, 5.41) is 16.2. The van der Waals surface area contributed by atoms with E-state index in [2.05, 4.69) is 40.2 Å². The van der Waals surface area contributed by atoms with Gasteiger partial charge in [-0.2, -0.15) is 5.10 Å². The number of carboxylic acid groups (broad SMARTS) is 1. The molecule has 0 amide bonds. The second kappa shape index (κ2) is 6.00. The Morgan fingerprint density at radius 3 is 2.94 bits per heavy atom. The summed E-state index contributed by atoms with van der Waals surface area (Å²) < 4.78 is 2.39. The van der Waals surface area contributed by atoms with Crippen molar-refractivity contribution in [3.63, 3.8) is 0 Å². The zero-order valence-corrected chi connectivity index (χ0v) is 11.0. The Balaban J connectivity index is 2.60. The molecule has 0 spiro atoms. The first-order chi connectivity index (χ1) is 7.49. The number of nitrogens with zero attached hydrogens (tertiary/aromatic N) is 2. The van der Waals surface area contributed by atoms with Crippen molar-refractivity contribution in [1.82, 2.24) is 15.1 Å². The lowest BCUT2D eigenvalue weighted by Gasteiger charge is -2.09. The largest absolute Gasteiger partial charge is 0.481 e. The number of halogens is 1. The van der Waals surface area contributed by atoms with Crippen molar-refractivity contribution in [2.75, 3.05) is 6.54 Å². The molecule has 0 saturated heterocycles. The van der Waals surface area contributed by atoms with Gasteiger partial charge in [0.15, 0.2) is 0 Å². The van der Waals surface area contributed by atoms with Gasteiger partial charge in [0, 0.05) is 12.6 Å². The molecular formula is C10H16BrN3O2. The van der Waals surface area contributed by atoms with E-state index in [0.717, 1.165) is 6.54 Å². The molecule has 0 aliphatic carbocycles. The van der Waals surface area contributed by atoms with Crippen LogP contribution in [-0.2, 0) is 17.8 Å².